The van der Waals surface area contributed by atoms with Crippen LogP contribution in [0, 0.1) is 6.92 Å². The fraction of sp³-hybridized carbons (Fsp3) is 0.394. The highest BCUT2D eigenvalue weighted by molar-refractivity contribution is 7.92. The number of amides is 2. The van der Waals surface area contributed by atoms with Gasteiger partial charge in [0.25, 0.3) is 10.0 Å². The van der Waals surface area contributed by atoms with Crippen LogP contribution in [0.15, 0.2) is 83.8 Å². The van der Waals surface area contributed by atoms with Gasteiger partial charge in [0.1, 0.15) is 12.6 Å². The molecule has 0 saturated carbocycles. The average Bonchev–Trinajstić information content (AvgIpc) is 2.97. The monoisotopic (exact) mass is 577 g/mol. The van der Waals surface area contributed by atoms with Crippen LogP contribution >= 0.6 is 0 Å². The molecule has 7 nitrogen and oxygen atoms in total. The van der Waals surface area contributed by atoms with Crippen LogP contribution in [0.3, 0.4) is 0 Å². The van der Waals surface area contributed by atoms with Crippen molar-refractivity contribution in [2.24, 2.45) is 0 Å². The lowest BCUT2D eigenvalue weighted by Gasteiger charge is -2.33. The number of carbonyl (C=O) groups is 2. The molecule has 41 heavy (non-hydrogen) atoms. The fourth-order valence-corrected chi connectivity index (χ4v) is 5.96. The molecule has 3 aromatic carbocycles. The van der Waals surface area contributed by atoms with Gasteiger partial charge in [0, 0.05) is 12.6 Å². The van der Waals surface area contributed by atoms with Gasteiger partial charge >= 0.3 is 0 Å². The van der Waals surface area contributed by atoms with Crippen molar-refractivity contribution in [1.82, 2.24) is 10.2 Å². The van der Waals surface area contributed by atoms with Crippen molar-refractivity contribution in [3.8, 4) is 0 Å². The van der Waals surface area contributed by atoms with Gasteiger partial charge in [-0.3, -0.25) is 13.9 Å². The van der Waals surface area contributed by atoms with Gasteiger partial charge in [-0.1, -0.05) is 87.9 Å². The molecule has 3 rings (SSSR count). The smallest absolute Gasteiger partial charge is 0.264 e. The maximum Gasteiger partial charge on any atom is 0.264 e. The van der Waals surface area contributed by atoms with Crippen molar-refractivity contribution in [2.75, 3.05) is 10.8 Å². The third-order valence-electron chi connectivity index (χ3n) is 7.32. The van der Waals surface area contributed by atoms with E-state index in [0.717, 1.165) is 27.4 Å². The van der Waals surface area contributed by atoms with Gasteiger partial charge in [0.15, 0.2) is 0 Å². The van der Waals surface area contributed by atoms with Crippen LogP contribution in [0.25, 0.3) is 0 Å². The minimum atomic E-state index is -4.08. The summed E-state index contributed by atoms with van der Waals surface area (Å²) in [5.41, 5.74) is 3.39. The molecule has 0 aliphatic heterocycles. The highest BCUT2D eigenvalue weighted by Crippen LogP contribution is 2.27. The Labute approximate surface area is 245 Å². The second kappa shape index (κ2) is 14.3. The molecule has 2 amide bonds. The second-order valence-corrected chi connectivity index (χ2v) is 12.7. The molecule has 0 aliphatic rings. The molecule has 2 atom stereocenters. The number of hydrogen-bond acceptors (Lipinski definition) is 4. The third kappa shape index (κ3) is 8.19. The number of carbonyl (C=O) groups excluding carboxylic acids is 2. The van der Waals surface area contributed by atoms with Gasteiger partial charge in [-0.2, -0.15) is 0 Å². The van der Waals surface area contributed by atoms with E-state index in [1.165, 1.54) is 17.0 Å². The summed E-state index contributed by atoms with van der Waals surface area (Å²) in [5, 5.41) is 3.00. The van der Waals surface area contributed by atoms with Crippen LogP contribution in [0.2, 0.25) is 0 Å². The molecule has 0 bridgehead atoms. The van der Waals surface area contributed by atoms with Gasteiger partial charge in [0.05, 0.1) is 10.6 Å². The quantitative estimate of drug-likeness (QED) is 0.269. The van der Waals surface area contributed by atoms with Crippen molar-refractivity contribution in [3.05, 3.63) is 95.6 Å². The lowest BCUT2D eigenvalue weighted by molar-refractivity contribution is -0.140. The first-order valence-corrected chi connectivity index (χ1v) is 15.7. The van der Waals surface area contributed by atoms with Crippen molar-refractivity contribution in [2.45, 2.75) is 83.8 Å². The molecule has 0 radical (unpaired) electrons. The highest BCUT2D eigenvalue weighted by Gasteiger charge is 2.34. The molecule has 8 heteroatoms. The van der Waals surface area contributed by atoms with E-state index in [9.17, 15) is 18.0 Å². The van der Waals surface area contributed by atoms with E-state index in [2.05, 4.69) is 19.2 Å². The molecular formula is C33H43N3O4S. The summed E-state index contributed by atoms with van der Waals surface area (Å²) < 4.78 is 29.0. The van der Waals surface area contributed by atoms with Crippen molar-refractivity contribution in [1.29, 1.82) is 0 Å². The molecule has 0 heterocycles. The van der Waals surface area contributed by atoms with E-state index in [1.807, 2.05) is 64.1 Å². The molecule has 0 aromatic heterocycles. The van der Waals surface area contributed by atoms with Crippen molar-refractivity contribution >= 4 is 27.5 Å². The van der Waals surface area contributed by atoms with E-state index in [0.29, 0.717) is 12.1 Å². The number of rotatable bonds is 13. The lowest BCUT2D eigenvalue weighted by atomic mass is 10.0. The first kappa shape index (κ1) is 31.9. The molecule has 0 aliphatic carbocycles. The number of nitrogens with zero attached hydrogens (tertiary/aromatic N) is 2. The Bertz CT molecular complexity index is 1390. The van der Waals surface area contributed by atoms with Crippen molar-refractivity contribution in [3.63, 3.8) is 0 Å². The van der Waals surface area contributed by atoms with Crippen LogP contribution in [0.4, 0.5) is 5.69 Å². The molecule has 2 unspecified atom stereocenters. The summed E-state index contributed by atoms with van der Waals surface area (Å²) in [7, 11) is -4.08. The number of aryl methyl sites for hydroxylation is 1. The molecule has 3 aromatic rings. The summed E-state index contributed by atoms with van der Waals surface area (Å²) in [6.07, 6.45) is 1.14. The topological polar surface area (TPSA) is 86.8 Å². The van der Waals surface area contributed by atoms with Gasteiger partial charge in [-0.15, -0.1) is 0 Å². The van der Waals surface area contributed by atoms with Gasteiger partial charge in [-0.05, 0) is 68.0 Å². The van der Waals surface area contributed by atoms with Gasteiger partial charge in [0.2, 0.25) is 11.8 Å². The summed E-state index contributed by atoms with van der Waals surface area (Å²) in [6.45, 7) is 11.6. The van der Waals surface area contributed by atoms with Crippen LogP contribution in [-0.4, -0.2) is 43.8 Å². The van der Waals surface area contributed by atoms with E-state index in [4.69, 9.17) is 0 Å². The predicted octanol–water partition coefficient (Wildman–Crippen LogP) is 6.04. The standard InChI is InChI=1S/C33H43N3O4S/c1-7-26(6)34-33(38)31(8-2)35(22-27-16-14-25(5)15-17-27)32(37)23-36(29-20-18-28(19-21-29)24(3)4)41(39,40)30-12-10-9-11-13-30/h9-21,24,26,31H,7-8,22-23H2,1-6H3,(H,34,38). The average molecular weight is 578 g/mol. The van der Waals surface area contributed by atoms with Crippen LogP contribution < -0.4 is 9.62 Å². The zero-order chi connectivity index (χ0) is 30.2. The number of sulfonamides is 1. The molecule has 0 fully saturated rings. The summed E-state index contributed by atoms with van der Waals surface area (Å²) in [6, 6.07) is 22.3. The second-order valence-electron chi connectivity index (χ2n) is 10.8. The van der Waals surface area contributed by atoms with Gasteiger partial charge in [-0.25, -0.2) is 8.42 Å². The molecular weight excluding hydrogens is 534 g/mol. The maximum atomic E-state index is 14.2. The van der Waals surface area contributed by atoms with E-state index in [-0.39, 0.29) is 29.3 Å². The Hall–Kier alpha value is -3.65. The molecule has 0 saturated heterocycles. The predicted molar refractivity (Wildman–Crippen MR) is 165 cm³/mol. The number of hydrogen-bond donors (Lipinski definition) is 1. The summed E-state index contributed by atoms with van der Waals surface area (Å²) in [5.74, 6) is -0.436. The van der Waals surface area contributed by atoms with Crippen molar-refractivity contribution < 1.29 is 18.0 Å². The largest absolute Gasteiger partial charge is 0.352 e. The van der Waals surface area contributed by atoms with Gasteiger partial charge < -0.3 is 10.2 Å². The Morgan fingerprint density at radius 1 is 0.829 bits per heavy atom. The third-order valence-corrected chi connectivity index (χ3v) is 9.11. The number of nitrogens with one attached hydrogen (secondary N) is 1. The summed E-state index contributed by atoms with van der Waals surface area (Å²) >= 11 is 0. The van der Waals surface area contributed by atoms with Crippen LogP contribution in [0.1, 0.15) is 70.1 Å². The zero-order valence-corrected chi connectivity index (χ0v) is 25.8. The maximum absolute atomic E-state index is 14.2. The fourth-order valence-electron chi connectivity index (χ4n) is 4.52. The normalized spacial score (nSPS) is 13.0. The van der Waals surface area contributed by atoms with E-state index < -0.39 is 28.5 Å². The number of anilines is 1. The Morgan fingerprint density at radius 3 is 1.98 bits per heavy atom. The molecule has 220 valence electrons. The van der Waals surface area contributed by atoms with Crippen LogP contribution in [0.5, 0.6) is 0 Å². The summed E-state index contributed by atoms with van der Waals surface area (Å²) in [4.78, 5) is 29.1. The van der Waals surface area contributed by atoms with Crippen LogP contribution in [-0.2, 0) is 26.2 Å². The Morgan fingerprint density at radius 2 is 1.44 bits per heavy atom. The zero-order valence-electron chi connectivity index (χ0n) is 25.0. The first-order chi connectivity index (χ1) is 19.5. The number of benzene rings is 3. The Kier molecular flexibility index (Phi) is 11.1. The SMILES string of the molecule is CCC(C)NC(=O)C(CC)N(Cc1ccc(C)cc1)C(=O)CN(c1ccc(C(C)C)cc1)S(=O)(=O)c1ccccc1. The minimum Gasteiger partial charge on any atom is -0.352 e. The Balaban J connectivity index is 2.05. The highest BCUT2D eigenvalue weighted by atomic mass is 32.2. The minimum absolute atomic E-state index is 0.0534. The lowest BCUT2D eigenvalue weighted by Crippen LogP contribution is -2.53. The van der Waals surface area contributed by atoms with E-state index in [1.54, 1.807) is 30.3 Å². The molecule has 1 N–H and O–H groups in total. The first-order valence-electron chi connectivity index (χ1n) is 14.3. The molecule has 0 spiro atoms. The van der Waals surface area contributed by atoms with E-state index >= 15 is 0 Å².